The van der Waals surface area contributed by atoms with Crippen molar-refractivity contribution in [1.82, 2.24) is 0 Å². The minimum Gasteiger partial charge on any atom is -0.368 e. The molecule has 0 unspecified atom stereocenters. The topological polar surface area (TPSA) is 44.8 Å². The van der Waals surface area contributed by atoms with Crippen molar-refractivity contribution >= 4 is 14.2 Å². The summed E-state index contributed by atoms with van der Waals surface area (Å²) in [7, 11) is -3.22. The van der Waals surface area contributed by atoms with Crippen LogP contribution in [0.4, 0.5) is 0 Å². The minimum atomic E-state index is -3.22. The standard InChI is InChI=1S/C13H26O4Si/c1-6-10-11-12(5)13(14)18(15-7-2,16-8-3)17-9-4/h11H,6-10H2,1-5H3. The lowest BCUT2D eigenvalue weighted by Gasteiger charge is -2.26. The SMILES string of the molecule is CCCC=C(C)C(=O)[Si](OCC)(OCC)OCC. The molecule has 106 valence electrons. The van der Waals surface area contributed by atoms with E-state index in [1.54, 1.807) is 6.92 Å². The van der Waals surface area contributed by atoms with Crippen molar-refractivity contribution in [3.8, 4) is 0 Å². The second-order valence-corrected chi connectivity index (χ2v) is 6.29. The highest BCUT2D eigenvalue weighted by atomic mass is 28.4. The van der Waals surface area contributed by atoms with Crippen LogP contribution in [0.25, 0.3) is 0 Å². The highest BCUT2D eigenvalue weighted by Gasteiger charge is 2.50. The Morgan fingerprint density at radius 2 is 1.44 bits per heavy atom. The Morgan fingerprint density at radius 3 is 1.78 bits per heavy atom. The van der Waals surface area contributed by atoms with Crippen LogP contribution in [0.3, 0.4) is 0 Å². The number of carbonyl (C=O) groups is 1. The van der Waals surface area contributed by atoms with Gasteiger partial charge < -0.3 is 13.3 Å². The average Bonchev–Trinajstić information content (AvgIpc) is 2.35. The Labute approximate surface area is 112 Å². The summed E-state index contributed by atoms with van der Waals surface area (Å²) >= 11 is 0. The van der Waals surface area contributed by atoms with Gasteiger partial charge in [-0.3, -0.25) is 4.79 Å². The summed E-state index contributed by atoms with van der Waals surface area (Å²) in [4.78, 5) is 12.5. The Morgan fingerprint density at radius 1 is 1.00 bits per heavy atom. The molecule has 0 rings (SSSR count). The number of hydrogen-bond donors (Lipinski definition) is 0. The first-order valence-electron chi connectivity index (χ1n) is 6.71. The summed E-state index contributed by atoms with van der Waals surface area (Å²) in [5, 5.41) is -0.110. The molecule has 0 aromatic carbocycles. The molecule has 0 saturated heterocycles. The van der Waals surface area contributed by atoms with Gasteiger partial charge in [0.15, 0.2) is 0 Å². The average molecular weight is 274 g/mol. The van der Waals surface area contributed by atoms with Crippen LogP contribution in [0.15, 0.2) is 11.6 Å². The smallest absolute Gasteiger partial charge is 0.368 e. The zero-order chi connectivity index (χ0) is 14.0. The van der Waals surface area contributed by atoms with Gasteiger partial charge in [-0.2, -0.15) is 0 Å². The molecule has 0 spiro atoms. The Balaban J connectivity index is 5.07. The second-order valence-electron chi connectivity index (χ2n) is 3.86. The number of allylic oxidation sites excluding steroid dienone is 2. The number of rotatable bonds is 10. The van der Waals surface area contributed by atoms with E-state index in [4.69, 9.17) is 13.3 Å². The molecule has 4 nitrogen and oxygen atoms in total. The fraction of sp³-hybridized carbons (Fsp3) is 0.769. The summed E-state index contributed by atoms with van der Waals surface area (Å²) in [6, 6.07) is 0. The normalized spacial score (nSPS) is 12.8. The van der Waals surface area contributed by atoms with E-state index in [-0.39, 0.29) is 5.41 Å². The van der Waals surface area contributed by atoms with Crippen molar-refractivity contribution in [2.24, 2.45) is 0 Å². The van der Waals surface area contributed by atoms with Crippen LogP contribution in [0.2, 0.25) is 0 Å². The van der Waals surface area contributed by atoms with Crippen molar-refractivity contribution < 1.29 is 18.1 Å². The molecule has 0 radical (unpaired) electrons. The predicted molar refractivity (Wildman–Crippen MR) is 74.3 cm³/mol. The fourth-order valence-corrected chi connectivity index (χ4v) is 3.96. The molecule has 18 heavy (non-hydrogen) atoms. The summed E-state index contributed by atoms with van der Waals surface area (Å²) < 4.78 is 16.7. The van der Waals surface area contributed by atoms with Crippen molar-refractivity contribution in [2.75, 3.05) is 19.8 Å². The third-order valence-electron chi connectivity index (χ3n) is 2.38. The van der Waals surface area contributed by atoms with Gasteiger partial charge in [-0.1, -0.05) is 19.4 Å². The van der Waals surface area contributed by atoms with Crippen LogP contribution in [-0.2, 0) is 18.1 Å². The lowest BCUT2D eigenvalue weighted by atomic mass is 10.2. The van der Waals surface area contributed by atoms with E-state index in [1.807, 2.05) is 26.8 Å². The molecule has 0 amide bonds. The van der Waals surface area contributed by atoms with E-state index in [0.29, 0.717) is 25.4 Å². The maximum atomic E-state index is 12.5. The predicted octanol–water partition coefficient (Wildman–Crippen LogP) is 2.89. The third-order valence-corrected chi connectivity index (χ3v) is 5.34. The van der Waals surface area contributed by atoms with Crippen molar-refractivity contribution in [1.29, 1.82) is 0 Å². The van der Waals surface area contributed by atoms with E-state index in [2.05, 4.69) is 6.92 Å². The molecule has 5 heteroatoms. The van der Waals surface area contributed by atoms with E-state index in [1.165, 1.54) is 0 Å². The Kier molecular flexibility index (Phi) is 9.18. The van der Waals surface area contributed by atoms with Gasteiger partial charge in [-0.05, 0) is 39.7 Å². The van der Waals surface area contributed by atoms with E-state index in [9.17, 15) is 4.79 Å². The van der Waals surface area contributed by atoms with Crippen molar-refractivity contribution in [3.05, 3.63) is 11.6 Å². The second kappa shape index (κ2) is 9.44. The number of carbonyl (C=O) groups excluding carboxylic acids is 1. The molecule has 0 heterocycles. The first-order chi connectivity index (χ1) is 8.57. The minimum absolute atomic E-state index is 0.110. The van der Waals surface area contributed by atoms with Crippen LogP contribution in [-0.4, -0.2) is 34.0 Å². The number of unbranched alkanes of at least 4 members (excludes halogenated alkanes) is 1. The van der Waals surface area contributed by atoms with Crippen LogP contribution in [0, 0.1) is 0 Å². The molecule has 0 aliphatic rings. The van der Waals surface area contributed by atoms with Crippen molar-refractivity contribution in [3.63, 3.8) is 0 Å². The highest BCUT2D eigenvalue weighted by Crippen LogP contribution is 2.17. The van der Waals surface area contributed by atoms with Gasteiger partial charge in [0.05, 0.1) is 0 Å². The van der Waals surface area contributed by atoms with Gasteiger partial charge in [0.1, 0.15) is 0 Å². The van der Waals surface area contributed by atoms with Crippen molar-refractivity contribution in [2.45, 2.75) is 47.5 Å². The molecule has 0 aromatic rings. The molecular weight excluding hydrogens is 248 g/mol. The first-order valence-corrected chi connectivity index (χ1v) is 8.43. The van der Waals surface area contributed by atoms with Gasteiger partial charge in [-0.15, -0.1) is 0 Å². The highest BCUT2D eigenvalue weighted by molar-refractivity contribution is 6.94. The summed E-state index contributed by atoms with van der Waals surface area (Å²) in [5.41, 5.74) is 0.680. The number of hydrogen-bond acceptors (Lipinski definition) is 4. The summed E-state index contributed by atoms with van der Waals surface area (Å²) in [5.74, 6) is 0. The van der Waals surface area contributed by atoms with Gasteiger partial charge in [0, 0.05) is 19.8 Å². The van der Waals surface area contributed by atoms with Gasteiger partial charge in [0.2, 0.25) is 5.41 Å². The van der Waals surface area contributed by atoms with Crippen LogP contribution in [0.1, 0.15) is 47.5 Å². The van der Waals surface area contributed by atoms with E-state index >= 15 is 0 Å². The molecule has 0 N–H and O–H groups in total. The monoisotopic (exact) mass is 274 g/mol. The van der Waals surface area contributed by atoms with Crippen LogP contribution >= 0.6 is 0 Å². The molecule has 0 aliphatic heterocycles. The van der Waals surface area contributed by atoms with Gasteiger partial charge in [-0.25, -0.2) is 0 Å². The molecule has 0 saturated carbocycles. The Bertz CT molecular complexity index is 259. The van der Waals surface area contributed by atoms with Crippen LogP contribution in [0.5, 0.6) is 0 Å². The maximum absolute atomic E-state index is 12.5. The lowest BCUT2D eigenvalue weighted by molar-refractivity contribution is -0.116. The van der Waals surface area contributed by atoms with Gasteiger partial charge in [0.25, 0.3) is 0 Å². The first kappa shape index (κ1) is 17.5. The largest absolute Gasteiger partial charge is 0.579 e. The molecule has 0 fully saturated rings. The van der Waals surface area contributed by atoms with E-state index in [0.717, 1.165) is 12.8 Å². The summed E-state index contributed by atoms with van der Waals surface area (Å²) in [6.45, 7) is 10.7. The fourth-order valence-electron chi connectivity index (χ4n) is 1.59. The summed E-state index contributed by atoms with van der Waals surface area (Å²) in [6.07, 6.45) is 3.82. The van der Waals surface area contributed by atoms with E-state index < -0.39 is 8.80 Å². The maximum Gasteiger partial charge on any atom is 0.579 e. The van der Waals surface area contributed by atoms with Gasteiger partial charge >= 0.3 is 8.80 Å². The third kappa shape index (κ3) is 5.02. The molecule has 0 bridgehead atoms. The molecule has 0 aliphatic carbocycles. The zero-order valence-electron chi connectivity index (χ0n) is 12.2. The zero-order valence-corrected chi connectivity index (χ0v) is 13.2. The Hall–Kier alpha value is -0.493. The molecular formula is C13H26O4Si. The molecule has 0 atom stereocenters. The molecule has 0 aromatic heterocycles. The lowest BCUT2D eigenvalue weighted by Crippen LogP contribution is -2.54. The van der Waals surface area contributed by atoms with Crippen LogP contribution < -0.4 is 0 Å². The quantitative estimate of drug-likeness (QED) is 0.454.